The van der Waals surface area contributed by atoms with Gasteiger partial charge in [-0.1, -0.05) is 13.3 Å². The Morgan fingerprint density at radius 3 is 2.52 bits per heavy atom. The zero-order valence-corrected chi connectivity index (χ0v) is 16.1. The molecule has 1 heterocycles. The largest absolute Gasteiger partial charge is 0.481 e. The molecule has 9 heteroatoms. The van der Waals surface area contributed by atoms with Gasteiger partial charge >= 0.3 is 5.97 Å². The fourth-order valence-corrected chi connectivity index (χ4v) is 4.27. The van der Waals surface area contributed by atoms with Gasteiger partial charge in [0.25, 0.3) is 0 Å². The number of carboxylic acids is 1. The first kappa shape index (κ1) is 21.0. The molecule has 152 valence electrons. The van der Waals surface area contributed by atoms with Crippen LogP contribution in [0.5, 0.6) is 0 Å². The van der Waals surface area contributed by atoms with E-state index in [1.54, 1.807) is 4.90 Å². The second-order valence-corrected chi connectivity index (χ2v) is 7.86. The van der Waals surface area contributed by atoms with E-state index in [2.05, 4.69) is 17.2 Å². The van der Waals surface area contributed by atoms with E-state index in [1.807, 2.05) is 0 Å². The first-order chi connectivity index (χ1) is 12.7. The molecular weight excluding hydrogens is 350 g/mol. The lowest BCUT2D eigenvalue weighted by Gasteiger charge is -2.32. The number of amides is 2. The van der Waals surface area contributed by atoms with Gasteiger partial charge in [-0.25, -0.2) is 4.99 Å². The maximum Gasteiger partial charge on any atom is 0.306 e. The van der Waals surface area contributed by atoms with Crippen LogP contribution in [-0.2, 0) is 14.4 Å². The van der Waals surface area contributed by atoms with Gasteiger partial charge in [-0.2, -0.15) is 0 Å². The predicted octanol–water partition coefficient (Wildman–Crippen LogP) is -0.107. The van der Waals surface area contributed by atoms with Crippen LogP contribution < -0.4 is 16.8 Å². The van der Waals surface area contributed by atoms with Crippen LogP contribution in [0.2, 0.25) is 0 Å². The molecule has 0 aromatic heterocycles. The first-order valence-electron chi connectivity index (χ1n) is 9.56. The number of carbonyl (C=O) groups is 3. The highest BCUT2D eigenvalue weighted by atomic mass is 16.4. The number of aliphatic carboxylic acids is 1. The number of nitrogens with zero attached hydrogens (tertiary/aromatic N) is 2. The normalized spacial score (nSPS) is 29.5. The number of hydrogen-bond acceptors (Lipinski definition) is 4. The van der Waals surface area contributed by atoms with Gasteiger partial charge in [0.05, 0.1) is 12.0 Å². The van der Waals surface area contributed by atoms with Crippen LogP contribution in [-0.4, -0.2) is 58.9 Å². The summed E-state index contributed by atoms with van der Waals surface area (Å²) in [5, 5.41) is 12.2. The summed E-state index contributed by atoms with van der Waals surface area (Å²) in [4.78, 5) is 42.5. The lowest BCUT2D eigenvalue weighted by atomic mass is 9.92. The summed E-state index contributed by atoms with van der Waals surface area (Å²) in [6.45, 7) is 4.74. The molecule has 2 fully saturated rings. The smallest absolute Gasteiger partial charge is 0.306 e. The number of rotatable bonds is 5. The molecule has 2 amide bonds. The molecule has 0 aromatic rings. The number of likely N-dealkylation sites (tertiary alicyclic amines) is 1. The van der Waals surface area contributed by atoms with Crippen LogP contribution in [0.25, 0.3) is 0 Å². The zero-order valence-electron chi connectivity index (χ0n) is 16.1. The number of guanidine groups is 1. The lowest BCUT2D eigenvalue weighted by Crippen LogP contribution is -2.54. The highest BCUT2D eigenvalue weighted by molar-refractivity contribution is 5.87. The van der Waals surface area contributed by atoms with E-state index in [9.17, 15) is 19.5 Å². The van der Waals surface area contributed by atoms with E-state index >= 15 is 0 Å². The van der Waals surface area contributed by atoms with Crippen LogP contribution in [0.1, 0.15) is 46.0 Å². The molecule has 1 saturated carbocycles. The lowest BCUT2D eigenvalue weighted by molar-refractivity contribution is -0.142. The first-order valence-corrected chi connectivity index (χ1v) is 9.56. The van der Waals surface area contributed by atoms with Gasteiger partial charge in [-0.15, -0.1) is 0 Å². The van der Waals surface area contributed by atoms with Crippen molar-refractivity contribution in [2.24, 2.45) is 34.2 Å². The summed E-state index contributed by atoms with van der Waals surface area (Å²) in [7, 11) is 0. The minimum absolute atomic E-state index is 0.145. The molecule has 0 aromatic carbocycles. The minimum atomic E-state index is -0.939. The van der Waals surface area contributed by atoms with Gasteiger partial charge in [0, 0.05) is 25.9 Å². The molecule has 1 aliphatic heterocycles. The summed E-state index contributed by atoms with van der Waals surface area (Å²) in [5.74, 6) is -2.31. The molecular formula is C18H31N5O4. The average Bonchev–Trinajstić information content (AvgIpc) is 2.84. The maximum absolute atomic E-state index is 13.3. The van der Waals surface area contributed by atoms with Crippen molar-refractivity contribution in [1.29, 1.82) is 0 Å². The third-order valence-electron chi connectivity index (χ3n) is 5.51. The predicted molar refractivity (Wildman–Crippen MR) is 101 cm³/mol. The van der Waals surface area contributed by atoms with E-state index in [4.69, 9.17) is 11.5 Å². The zero-order chi connectivity index (χ0) is 20.1. The molecule has 0 radical (unpaired) electrons. The molecule has 3 unspecified atom stereocenters. The Morgan fingerprint density at radius 2 is 1.93 bits per heavy atom. The van der Waals surface area contributed by atoms with Crippen LogP contribution >= 0.6 is 0 Å². The van der Waals surface area contributed by atoms with E-state index < -0.39 is 29.9 Å². The van der Waals surface area contributed by atoms with Crippen molar-refractivity contribution in [2.75, 3.05) is 13.1 Å². The van der Waals surface area contributed by atoms with Crippen LogP contribution in [0, 0.1) is 17.8 Å². The third kappa shape index (κ3) is 5.58. The molecule has 1 aliphatic carbocycles. The number of nitrogens with two attached hydrogens (primary N) is 2. The SMILES string of the molecule is CC(=O)NC(C(=O)N1CCCCC(C)C1)[C@H]1CC(C(=O)O)C[C@@H]1N=C(N)N. The standard InChI is InChI=1S/C18H31N5O4/c1-10-5-3-4-6-23(9-10)16(25)15(21-11(2)24)13-7-12(17(26)27)8-14(13)22-18(19)20/h10,12-15H,3-9H2,1-2H3,(H,21,24)(H,26,27)(H4,19,20,22)/t10?,12?,13-,14-,15?/m0/s1. The van der Waals surface area contributed by atoms with E-state index in [1.165, 1.54) is 6.92 Å². The Kier molecular flexibility index (Phi) is 7.04. The number of carboxylic acid groups (broad SMARTS) is 1. The van der Waals surface area contributed by atoms with Crippen LogP contribution in [0.15, 0.2) is 4.99 Å². The van der Waals surface area contributed by atoms with Crippen molar-refractivity contribution in [3.63, 3.8) is 0 Å². The van der Waals surface area contributed by atoms with E-state index in [-0.39, 0.29) is 30.6 Å². The van der Waals surface area contributed by atoms with Gasteiger partial charge in [-0.3, -0.25) is 14.4 Å². The van der Waals surface area contributed by atoms with Gasteiger partial charge < -0.3 is 26.8 Å². The number of aliphatic imine (C=N–C) groups is 1. The second-order valence-electron chi connectivity index (χ2n) is 7.86. The Labute approximate surface area is 159 Å². The van der Waals surface area contributed by atoms with Gasteiger partial charge in [0.2, 0.25) is 11.8 Å². The third-order valence-corrected chi connectivity index (χ3v) is 5.51. The van der Waals surface area contributed by atoms with Crippen molar-refractivity contribution in [1.82, 2.24) is 10.2 Å². The minimum Gasteiger partial charge on any atom is -0.481 e. The number of hydrogen-bond donors (Lipinski definition) is 4. The highest BCUT2D eigenvalue weighted by Crippen LogP contribution is 2.37. The van der Waals surface area contributed by atoms with Gasteiger partial charge in [-0.05, 0) is 31.6 Å². The van der Waals surface area contributed by atoms with Gasteiger partial charge in [0.1, 0.15) is 6.04 Å². The highest BCUT2D eigenvalue weighted by Gasteiger charge is 2.46. The summed E-state index contributed by atoms with van der Waals surface area (Å²) < 4.78 is 0. The summed E-state index contributed by atoms with van der Waals surface area (Å²) in [6, 6.07) is -1.34. The van der Waals surface area contributed by atoms with E-state index in [0.717, 1.165) is 19.3 Å². The monoisotopic (exact) mass is 381 g/mol. The van der Waals surface area contributed by atoms with Gasteiger partial charge in [0.15, 0.2) is 5.96 Å². The Hall–Kier alpha value is -2.32. The number of nitrogens with one attached hydrogen (secondary N) is 1. The fraction of sp³-hybridized carbons (Fsp3) is 0.778. The molecule has 0 bridgehead atoms. The summed E-state index contributed by atoms with van der Waals surface area (Å²) >= 11 is 0. The second kappa shape index (κ2) is 9.05. The molecule has 5 atom stereocenters. The maximum atomic E-state index is 13.3. The molecule has 9 nitrogen and oxygen atoms in total. The Balaban J connectivity index is 2.29. The fourth-order valence-electron chi connectivity index (χ4n) is 4.27. The Morgan fingerprint density at radius 1 is 1.22 bits per heavy atom. The van der Waals surface area contributed by atoms with Crippen molar-refractivity contribution in [3.8, 4) is 0 Å². The molecule has 0 spiro atoms. The van der Waals surface area contributed by atoms with Crippen LogP contribution in [0.4, 0.5) is 0 Å². The summed E-state index contributed by atoms with van der Waals surface area (Å²) in [5.41, 5.74) is 11.0. The average molecular weight is 381 g/mol. The topological polar surface area (TPSA) is 151 Å². The molecule has 6 N–H and O–H groups in total. The Bertz CT molecular complexity index is 605. The molecule has 1 saturated heterocycles. The molecule has 27 heavy (non-hydrogen) atoms. The van der Waals surface area contributed by atoms with Crippen molar-refractivity contribution < 1.29 is 19.5 Å². The number of carbonyl (C=O) groups excluding carboxylic acids is 2. The van der Waals surface area contributed by atoms with E-state index in [0.29, 0.717) is 19.0 Å². The van der Waals surface area contributed by atoms with Crippen molar-refractivity contribution in [3.05, 3.63) is 0 Å². The van der Waals surface area contributed by atoms with Crippen LogP contribution in [0.3, 0.4) is 0 Å². The molecule has 2 rings (SSSR count). The quantitative estimate of drug-likeness (QED) is 0.385. The van der Waals surface area contributed by atoms with Crippen molar-refractivity contribution in [2.45, 2.75) is 58.0 Å². The van der Waals surface area contributed by atoms with Crippen molar-refractivity contribution >= 4 is 23.7 Å². The molecule has 2 aliphatic rings. The summed E-state index contributed by atoms with van der Waals surface area (Å²) in [6.07, 6.45) is 3.55.